The molecular formula is C17H12FNO. The van der Waals surface area contributed by atoms with Crippen LogP contribution in [0.2, 0.25) is 0 Å². The standard InChI is InChI=1S/C17H12FNO/c1-11-9-14(18)6-7-15(11)17(20)13-5-4-12-3-2-8-19-16(12)10-13/h2-10H,1H3. The first-order valence-electron chi connectivity index (χ1n) is 6.31. The average molecular weight is 265 g/mol. The first-order chi connectivity index (χ1) is 9.65. The quantitative estimate of drug-likeness (QED) is 0.657. The normalized spacial score (nSPS) is 10.7. The predicted molar refractivity (Wildman–Crippen MR) is 76.3 cm³/mol. The van der Waals surface area contributed by atoms with Crippen LogP contribution in [0.4, 0.5) is 4.39 Å². The second kappa shape index (κ2) is 4.85. The molecule has 0 unspecified atom stereocenters. The van der Waals surface area contributed by atoms with Crippen molar-refractivity contribution in [2.45, 2.75) is 6.92 Å². The van der Waals surface area contributed by atoms with Gasteiger partial charge in [0.15, 0.2) is 5.78 Å². The SMILES string of the molecule is Cc1cc(F)ccc1C(=O)c1ccc2cccnc2c1. The number of aryl methyl sites for hydroxylation is 1. The first-order valence-corrected chi connectivity index (χ1v) is 6.31. The van der Waals surface area contributed by atoms with Gasteiger partial charge in [-0.1, -0.05) is 18.2 Å². The number of carbonyl (C=O) groups excluding carboxylic acids is 1. The molecule has 1 aromatic heterocycles. The number of halogens is 1. The Bertz CT molecular complexity index is 811. The van der Waals surface area contributed by atoms with Crippen LogP contribution in [0.3, 0.4) is 0 Å². The highest BCUT2D eigenvalue weighted by Crippen LogP contribution is 2.19. The molecule has 0 atom stereocenters. The maximum Gasteiger partial charge on any atom is 0.193 e. The largest absolute Gasteiger partial charge is 0.289 e. The van der Waals surface area contributed by atoms with E-state index in [9.17, 15) is 9.18 Å². The third-order valence-electron chi connectivity index (χ3n) is 3.30. The Labute approximate surface area is 115 Å². The van der Waals surface area contributed by atoms with Gasteiger partial charge >= 0.3 is 0 Å². The average Bonchev–Trinajstić information content (AvgIpc) is 2.46. The zero-order valence-electron chi connectivity index (χ0n) is 10.9. The molecular weight excluding hydrogens is 253 g/mol. The number of nitrogens with zero attached hydrogens (tertiary/aromatic N) is 1. The van der Waals surface area contributed by atoms with Crippen molar-refractivity contribution in [3.8, 4) is 0 Å². The molecule has 0 fully saturated rings. The molecule has 3 aromatic rings. The van der Waals surface area contributed by atoms with Gasteiger partial charge in [-0.3, -0.25) is 9.78 Å². The van der Waals surface area contributed by atoms with Gasteiger partial charge in [-0.25, -0.2) is 4.39 Å². The lowest BCUT2D eigenvalue weighted by Crippen LogP contribution is -2.04. The number of benzene rings is 2. The van der Waals surface area contributed by atoms with E-state index in [2.05, 4.69) is 4.98 Å². The number of rotatable bonds is 2. The van der Waals surface area contributed by atoms with Crippen molar-refractivity contribution in [1.82, 2.24) is 4.98 Å². The number of pyridine rings is 1. The summed E-state index contributed by atoms with van der Waals surface area (Å²) in [4.78, 5) is 16.7. The van der Waals surface area contributed by atoms with E-state index in [4.69, 9.17) is 0 Å². The van der Waals surface area contributed by atoms with Gasteiger partial charge in [0.1, 0.15) is 5.82 Å². The zero-order valence-corrected chi connectivity index (χ0v) is 10.9. The van der Waals surface area contributed by atoms with Crippen molar-refractivity contribution in [3.05, 3.63) is 77.2 Å². The lowest BCUT2D eigenvalue weighted by Gasteiger charge is -2.06. The summed E-state index contributed by atoms with van der Waals surface area (Å²) in [6.45, 7) is 1.73. The summed E-state index contributed by atoms with van der Waals surface area (Å²) < 4.78 is 13.1. The summed E-state index contributed by atoms with van der Waals surface area (Å²) in [5.41, 5.74) is 2.49. The maximum absolute atomic E-state index is 13.1. The lowest BCUT2D eigenvalue weighted by molar-refractivity contribution is 0.103. The molecule has 0 bridgehead atoms. The number of hydrogen-bond acceptors (Lipinski definition) is 2. The molecule has 98 valence electrons. The molecule has 0 spiro atoms. The molecule has 0 aliphatic rings. The van der Waals surface area contributed by atoms with E-state index in [1.807, 2.05) is 18.2 Å². The second-order valence-corrected chi connectivity index (χ2v) is 4.70. The van der Waals surface area contributed by atoms with Gasteiger partial charge in [0, 0.05) is 22.7 Å². The molecule has 0 radical (unpaired) electrons. The van der Waals surface area contributed by atoms with Gasteiger partial charge in [-0.15, -0.1) is 0 Å². The Morgan fingerprint density at radius 2 is 1.95 bits per heavy atom. The van der Waals surface area contributed by atoms with Crippen molar-refractivity contribution in [2.75, 3.05) is 0 Å². The Kier molecular flexibility index (Phi) is 3.03. The minimum absolute atomic E-state index is 0.116. The highest BCUT2D eigenvalue weighted by molar-refractivity contribution is 6.11. The number of fused-ring (bicyclic) bond motifs is 1. The highest BCUT2D eigenvalue weighted by atomic mass is 19.1. The summed E-state index contributed by atoms with van der Waals surface area (Å²) in [6.07, 6.45) is 1.69. The predicted octanol–water partition coefficient (Wildman–Crippen LogP) is 3.91. The van der Waals surface area contributed by atoms with E-state index in [1.165, 1.54) is 18.2 Å². The highest BCUT2D eigenvalue weighted by Gasteiger charge is 2.12. The summed E-state index contributed by atoms with van der Waals surface area (Å²) in [5.74, 6) is -0.450. The molecule has 20 heavy (non-hydrogen) atoms. The minimum atomic E-state index is -0.334. The van der Waals surface area contributed by atoms with E-state index in [-0.39, 0.29) is 11.6 Å². The van der Waals surface area contributed by atoms with E-state index in [0.717, 1.165) is 10.9 Å². The Morgan fingerprint density at radius 3 is 2.75 bits per heavy atom. The lowest BCUT2D eigenvalue weighted by atomic mass is 9.98. The van der Waals surface area contributed by atoms with Crippen molar-refractivity contribution in [2.24, 2.45) is 0 Å². The summed E-state index contributed by atoms with van der Waals surface area (Å²) in [5, 5.41) is 0.986. The van der Waals surface area contributed by atoms with Crippen LogP contribution >= 0.6 is 0 Å². The number of carbonyl (C=O) groups is 1. The van der Waals surface area contributed by atoms with Gasteiger partial charge < -0.3 is 0 Å². The molecule has 0 saturated carbocycles. The van der Waals surface area contributed by atoms with Crippen LogP contribution in [0.25, 0.3) is 10.9 Å². The van der Waals surface area contributed by atoms with E-state index in [0.29, 0.717) is 16.7 Å². The molecule has 2 aromatic carbocycles. The van der Waals surface area contributed by atoms with Crippen molar-refractivity contribution >= 4 is 16.7 Å². The molecule has 0 amide bonds. The van der Waals surface area contributed by atoms with Crippen LogP contribution in [0, 0.1) is 12.7 Å². The monoisotopic (exact) mass is 265 g/mol. The Hall–Kier alpha value is -2.55. The van der Waals surface area contributed by atoms with Crippen molar-refractivity contribution in [3.63, 3.8) is 0 Å². The minimum Gasteiger partial charge on any atom is -0.289 e. The third kappa shape index (κ3) is 2.18. The van der Waals surface area contributed by atoms with Crippen LogP contribution in [0.15, 0.2) is 54.7 Å². The summed E-state index contributed by atoms with van der Waals surface area (Å²) in [6, 6.07) is 13.4. The van der Waals surface area contributed by atoms with Crippen LogP contribution in [0.5, 0.6) is 0 Å². The van der Waals surface area contributed by atoms with E-state index in [1.54, 1.807) is 25.3 Å². The summed E-state index contributed by atoms with van der Waals surface area (Å²) >= 11 is 0. The Balaban J connectivity index is 2.08. The van der Waals surface area contributed by atoms with Gasteiger partial charge in [0.2, 0.25) is 0 Å². The zero-order chi connectivity index (χ0) is 14.1. The number of hydrogen-bond donors (Lipinski definition) is 0. The molecule has 0 aliphatic carbocycles. The summed E-state index contributed by atoms with van der Waals surface area (Å²) in [7, 11) is 0. The fourth-order valence-electron chi connectivity index (χ4n) is 2.25. The molecule has 1 heterocycles. The molecule has 0 saturated heterocycles. The van der Waals surface area contributed by atoms with Crippen molar-refractivity contribution < 1.29 is 9.18 Å². The van der Waals surface area contributed by atoms with Crippen LogP contribution < -0.4 is 0 Å². The molecule has 3 heteroatoms. The number of ketones is 1. The fourth-order valence-corrected chi connectivity index (χ4v) is 2.25. The number of aromatic nitrogens is 1. The van der Waals surface area contributed by atoms with Gasteiger partial charge in [0.25, 0.3) is 0 Å². The van der Waals surface area contributed by atoms with Crippen LogP contribution in [-0.4, -0.2) is 10.8 Å². The van der Waals surface area contributed by atoms with E-state index >= 15 is 0 Å². The maximum atomic E-state index is 13.1. The van der Waals surface area contributed by atoms with Crippen LogP contribution in [0.1, 0.15) is 21.5 Å². The topological polar surface area (TPSA) is 30.0 Å². The molecule has 2 nitrogen and oxygen atoms in total. The third-order valence-corrected chi connectivity index (χ3v) is 3.30. The molecule has 3 rings (SSSR count). The molecule has 0 aliphatic heterocycles. The van der Waals surface area contributed by atoms with Gasteiger partial charge in [0.05, 0.1) is 5.52 Å². The van der Waals surface area contributed by atoms with Gasteiger partial charge in [-0.2, -0.15) is 0 Å². The fraction of sp³-hybridized carbons (Fsp3) is 0.0588. The Morgan fingerprint density at radius 1 is 1.10 bits per heavy atom. The van der Waals surface area contributed by atoms with Crippen molar-refractivity contribution in [1.29, 1.82) is 0 Å². The first kappa shape index (κ1) is 12.5. The smallest absolute Gasteiger partial charge is 0.193 e. The van der Waals surface area contributed by atoms with Gasteiger partial charge in [-0.05, 0) is 42.8 Å². The van der Waals surface area contributed by atoms with Crippen LogP contribution in [-0.2, 0) is 0 Å². The van der Waals surface area contributed by atoms with E-state index < -0.39 is 0 Å². The second-order valence-electron chi connectivity index (χ2n) is 4.70. The molecule has 0 N–H and O–H groups in total.